The Labute approximate surface area is 178 Å². The van der Waals surface area contributed by atoms with Crippen molar-refractivity contribution in [3.8, 4) is 0 Å². The van der Waals surface area contributed by atoms with Crippen LogP contribution in [0.5, 0.6) is 0 Å². The van der Waals surface area contributed by atoms with Gasteiger partial charge in [0.2, 0.25) is 11.8 Å². The van der Waals surface area contributed by atoms with Gasteiger partial charge in [0, 0.05) is 12.3 Å². The van der Waals surface area contributed by atoms with Crippen LogP contribution in [0, 0.1) is 18.6 Å². The van der Waals surface area contributed by atoms with Gasteiger partial charge in [-0.15, -0.1) is 0 Å². The number of carbonyl (C=O) groups is 3. The molecule has 0 aliphatic heterocycles. The largest absolute Gasteiger partial charge is 0.480 e. The Bertz CT molecular complexity index is 968. The number of benzene rings is 1. The van der Waals surface area contributed by atoms with Gasteiger partial charge in [0.15, 0.2) is 5.82 Å². The molecule has 3 N–H and O–H groups in total. The summed E-state index contributed by atoms with van der Waals surface area (Å²) in [5, 5.41) is 14.6. The minimum absolute atomic E-state index is 0.149. The Kier molecular flexibility index (Phi) is 7.48. The molecule has 2 rings (SSSR count). The number of carboxylic acid groups (broad SMARTS) is 1. The first kappa shape index (κ1) is 24.0. The van der Waals surface area contributed by atoms with Gasteiger partial charge in [-0.1, -0.05) is 13.3 Å². The van der Waals surface area contributed by atoms with Crippen molar-refractivity contribution in [3.05, 3.63) is 47.4 Å². The number of anilines is 1. The minimum Gasteiger partial charge on any atom is -0.480 e. The van der Waals surface area contributed by atoms with Crippen molar-refractivity contribution in [1.29, 1.82) is 0 Å². The number of halogens is 2. The van der Waals surface area contributed by atoms with Crippen LogP contribution < -0.4 is 10.6 Å². The first-order valence-electron chi connectivity index (χ1n) is 9.79. The van der Waals surface area contributed by atoms with Crippen molar-refractivity contribution < 1.29 is 28.3 Å². The normalized spacial score (nSPS) is 12.3. The Hall–Kier alpha value is -3.30. The number of nitrogens with zero attached hydrogens (tertiary/aromatic N) is 2. The molecule has 168 valence electrons. The fourth-order valence-corrected chi connectivity index (χ4v) is 3.12. The highest BCUT2D eigenvalue weighted by Gasteiger charge is 2.31. The average molecular weight is 436 g/mol. The van der Waals surface area contributed by atoms with Crippen molar-refractivity contribution in [1.82, 2.24) is 14.9 Å². The first-order valence-corrected chi connectivity index (χ1v) is 9.79. The fourth-order valence-electron chi connectivity index (χ4n) is 3.12. The summed E-state index contributed by atoms with van der Waals surface area (Å²) >= 11 is 0. The van der Waals surface area contributed by atoms with Crippen LogP contribution in [-0.4, -0.2) is 38.5 Å². The molecule has 1 heterocycles. The molecule has 2 amide bonds. The fraction of sp³-hybridized carbons (Fsp3) is 0.429. The van der Waals surface area contributed by atoms with Gasteiger partial charge in [0.05, 0.1) is 6.42 Å². The van der Waals surface area contributed by atoms with Gasteiger partial charge in [0.1, 0.15) is 29.0 Å². The predicted octanol–water partition coefficient (Wildman–Crippen LogP) is 2.76. The molecule has 1 atom stereocenters. The molecule has 1 unspecified atom stereocenters. The molecule has 0 aliphatic rings. The molecule has 1 aromatic carbocycles. The van der Waals surface area contributed by atoms with Crippen molar-refractivity contribution in [2.45, 2.75) is 58.5 Å². The molecule has 2 aromatic rings. The van der Waals surface area contributed by atoms with Crippen LogP contribution in [0.1, 0.15) is 45.0 Å². The molecule has 1 aromatic heterocycles. The lowest BCUT2D eigenvalue weighted by atomic mass is 10.1. The lowest BCUT2D eigenvalue weighted by Gasteiger charge is -2.22. The summed E-state index contributed by atoms with van der Waals surface area (Å²) in [7, 11) is 0. The lowest BCUT2D eigenvalue weighted by molar-refractivity contribution is -0.145. The number of aliphatic carboxylic acids is 1. The smallest absolute Gasteiger partial charge is 0.329 e. The number of amides is 2. The second kappa shape index (κ2) is 9.67. The Morgan fingerprint density at radius 2 is 1.81 bits per heavy atom. The van der Waals surface area contributed by atoms with Crippen LogP contribution in [0.4, 0.5) is 14.6 Å². The van der Waals surface area contributed by atoms with Gasteiger partial charge in [-0.05, 0) is 44.9 Å². The monoisotopic (exact) mass is 436 g/mol. The molecule has 0 aliphatic carbocycles. The van der Waals surface area contributed by atoms with E-state index in [0.717, 1.165) is 12.1 Å². The average Bonchev–Trinajstić information content (AvgIpc) is 3.01. The molecule has 0 radical (unpaired) electrons. The van der Waals surface area contributed by atoms with Gasteiger partial charge in [-0.3, -0.25) is 9.59 Å². The summed E-state index contributed by atoms with van der Waals surface area (Å²) < 4.78 is 28.1. The van der Waals surface area contributed by atoms with E-state index in [4.69, 9.17) is 0 Å². The molecule has 8 nitrogen and oxygen atoms in total. The van der Waals surface area contributed by atoms with E-state index in [1.54, 1.807) is 6.92 Å². The van der Waals surface area contributed by atoms with E-state index in [9.17, 15) is 28.3 Å². The van der Waals surface area contributed by atoms with Crippen LogP contribution in [0.25, 0.3) is 0 Å². The summed E-state index contributed by atoms with van der Waals surface area (Å²) in [5.74, 6) is -3.19. The van der Waals surface area contributed by atoms with Gasteiger partial charge in [0.25, 0.3) is 0 Å². The second-order valence-electron chi connectivity index (χ2n) is 7.76. The SMILES string of the molecule is CCCC(NC(=O)Cc1cc(F)cc(F)c1)C(=O)Nc1cn(C(C)(C)C(=O)O)c(C)n1. The maximum Gasteiger partial charge on any atom is 0.329 e. The summed E-state index contributed by atoms with van der Waals surface area (Å²) in [4.78, 5) is 40.7. The van der Waals surface area contributed by atoms with Crippen molar-refractivity contribution >= 4 is 23.6 Å². The number of carbonyl (C=O) groups excluding carboxylic acids is 2. The molecule has 0 spiro atoms. The van der Waals surface area contributed by atoms with Gasteiger partial charge >= 0.3 is 5.97 Å². The van der Waals surface area contributed by atoms with Crippen molar-refractivity contribution in [2.75, 3.05) is 5.32 Å². The number of aryl methyl sites for hydroxylation is 1. The number of imidazole rings is 1. The van der Waals surface area contributed by atoms with E-state index in [1.165, 1.54) is 24.6 Å². The van der Waals surface area contributed by atoms with Gasteiger partial charge in [-0.2, -0.15) is 0 Å². The summed E-state index contributed by atoms with van der Waals surface area (Å²) in [5.41, 5.74) is -1.12. The highest BCUT2D eigenvalue weighted by molar-refractivity contribution is 5.96. The standard InChI is InChI=1S/C21H26F2N4O4/c1-5-6-16(25-18(28)9-13-7-14(22)10-15(23)8-13)19(29)26-17-11-27(12(2)24-17)21(3,4)20(30)31/h7-8,10-11,16H,5-6,9H2,1-4H3,(H,25,28)(H,26,29)(H,30,31). The quantitative estimate of drug-likeness (QED) is 0.559. The molecule has 0 saturated heterocycles. The minimum atomic E-state index is -1.27. The Balaban J connectivity index is 2.10. The van der Waals surface area contributed by atoms with Gasteiger partial charge in [-0.25, -0.2) is 18.6 Å². The molecular weight excluding hydrogens is 410 g/mol. The van der Waals surface area contributed by atoms with Crippen molar-refractivity contribution in [3.63, 3.8) is 0 Å². The zero-order valence-corrected chi connectivity index (χ0v) is 17.8. The van der Waals surface area contributed by atoms with Crippen LogP contribution in [0.3, 0.4) is 0 Å². The molecule has 31 heavy (non-hydrogen) atoms. The van der Waals surface area contributed by atoms with E-state index >= 15 is 0 Å². The van der Waals surface area contributed by atoms with Crippen LogP contribution in [-0.2, 0) is 26.3 Å². The molecule has 10 heteroatoms. The highest BCUT2D eigenvalue weighted by atomic mass is 19.1. The predicted molar refractivity (Wildman–Crippen MR) is 109 cm³/mol. The first-order chi connectivity index (χ1) is 14.4. The summed E-state index contributed by atoms with van der Waals surface area (Å²) in [6, 6.07) is 1.92. The molecular formula is C21H26F2N4O4. The Morgan fingerprint density at radius 1 is 1.19 bits per heavy atom. The maximum absolute atomic E-state index is 13.3. The number of hydrogen-bond donors (Lipinski definition) is 3. The van der Waals surface area contributed by atoms with E-state index in [1.807, 2.05) is 6.92 Å². The number of carboxylic acids is 1. The third-order valence-corrected chi connectivity index (χ3v) is 4.78. The zero-order valence-electron chi connectivity index (χ0n) is 17.8. The van der Waals surface area contributed by atoms with Crippen LogP contribution in [0.15, 0.2) is 24.4 Å². The topological polar surface area (TPSA) is 113 Å². The molecule has 0 fully saturated rings. The van der Waals surface area contributed by atoms with E-state index in [2.05, 4.69) is 15.6 Å². The second-order valence-corrected chi connectivity index (χ2v) is 7.76. The van der Waals surface area contributed by atoms with E-state index in [-0.39, 0.29) is 17.8 Å². The number of nitrogens with one attached hydrogen (secondary N) is 2. The summed E-state index contributed by atoms with van der Waals surface area (Å²) in [6.45, 7) is 6.46. The lowest BCUT2D eigenvalue weighted by Crippen LogP contribution is -2.44. The zero-order chi connectivity index (χ0) is 23.3. The Morgan fingerprint density at radius 3 is 2.35 bits per heavy atom. The molecule has 0 bridgehead atoms. The van der Waals surface area contributed by atoms with Crippen LogP contribution in [0.2, 0.25) is 0 Å². The van der Waals surface area contributed by atoms with E-state index < -0.39 is 41.0 Å². The number of hydrogen-bond acceptors (Lipinski definition) is 4. The third-order valence-electron chi connectivity index (χ3n) is 4.78. The van der Waals surface area contributed by atoms with E-state index in [0.29, 0.717) is 24.7 Å². The maximum atomic E-state index is 13.3. The van der Waals surface area contributed by atoms with Crippen molar-refractivity contribution in [2.24, 2.45) is 0 Å². The van der Waals surface area contributed by atoms with Gasteiger partial charge < -0.3 is 20.3 Å². The van der Waals surface area contributed by atoms with Crippen LogP contribution >= 0.6 is 0 Å². The highest BCUT2D eigenvalue weighted by Crippen LogP contribution is 2.21. The number of aromatic nitrogens is 2. The number of rotatable bonds is 9. The molecule has 0 saturated carbocycles. The third kappa shape index (κ3) is 6.09. The summed E-state index contributed by atoms with van der Waals surface area (Å²) in [6.07, 6.45) is 2.05.